The highest BCUT2D eigenvalue weighted by atomic mass is 35.5. The van der Waals surface area contributed by atoms with E-state index in [9.17, 15) is 4.79 Å². The number of amides is 1. The Hall–Kier alpha value is -2.00. The van der Waals surface area contributed by atoms with Crippen molar-refractivity contribution in [1.29, 1.82) is 0 Å². The molecule has 2 aromatic carbocycles. The molecule has 0 aliphatic carbocycles. The van der Waals surface area contributed by atoms with E-state index in [0.717, 1.165) is 36.5 Å². The SMILES string of the molecule is CCSc1nnc(NC(=O)CSc2cn(Cc3ccccc3Cl)c3ccccc23)s1. The molecule has 5 nitrogen and oxygen atoms in total. The van der Waals surface area contributed by atoms with Crippen LogP contribution >= 0.6 is 46.5 Å². The molecule has 1 amide bonds. The Balaban J connectivity index is 1.47. The van der Waals surface area contributed by atoms with Gasteiger partial charge in [-0.15, -0.1) is 22.0 Å². The molecule has 1 N–H and O–H groups in total. The van der Waals surface area contributed by atoms with Gasteiger partial charge in [0.05, 0.1) is 5.75 Å². The predicted octanol–water partition coefficient (Wildman–Crippen LogP) is 6.04. The molecule has 0 bridgehead atoms. The Kier molecular flexibility index (Phi) is 6.99. The quantitative estimate of drug-likeness (QED) is 0.249. The lowest BCUT2D eigenvalue weighted by Gasteiger charge is -2.07. The summed E-state index contributed by atoms with van der Waals surface area (Å²) >= 11 is 10.9. The number of anilines is 1. The van der Waals surface area contributed by atoms with Crippen LogP contribution in [0, 0.1) is 0 Å². The van der Waals surface area contributed by atoms with E-state index in [-0.39, 0.29) is 5.91 Å². The van der Waals surface area contributed by atoms with Crippen molar-refractivity contribution in [3.05, 3.63) is 65.3 Å². The van der Waals surface area contributed by atoms with Gasteiger partial charge in [-0.1, -0.05) is 78.0 Å². The van der Waals surface area contributed by atoms with E-state index in [4.69, 9.17) is 11.6 Å². The van der Waals surface area contributed by atoms with E-state index >= 15 is 0 Å². The van der Waals surface area contributed by atoms with E-state index in [1.54, 1.807) is 11.8 Å². The molecule has 154 valence electrons. The minimum absolute atomic E-state index is 0.0906. The predicted molar refractivity (Wildman–Crippen MR) is 128 cm³/mol. The molecule has 2 aromatic heterocycles. The van der Waals surface area contributed by atoms with Crippen LogP contribution < -0.4 is 5.32 Å². The van der Waals surface area contributed by atoms with Crippen molar-refractivity contribution in [3.63, 3.8) is 0 Å². The van der Waals surface area contributed by atoms with Crippen molar-refractivity contribution in [2.45, 2.75) is 22.7 Å². The van der Waals surface area contributed by atoms with Gasteiger partial charge in [0.25, 0.3) is 0 Å². The number of benzene rings is 2. The number of para-hydroxylation sites is 1. The number of halogens is 1. The molecular formula is C21H19ClN4OS3. The summed E-state index contributed by atoms with van der Waals surface area (Å²) in [6.45, 7) is 2.73. The second-order valence-electron chi connectivity index (χ2n) is 6.37. The molecule has 9 heteroatoms. The molecule has 0 fully saturated rings. The first-order valence-electron chi connectivity index (χ1n) is 9.34. The maximum absolute atomic E-state index is 12.4. The maximum Gasteiger partial charge on any atom is 0.236 e. The standard InChI is InChI=1S/C21H19ClN4OS3/c1-2-28-21-25-24-20(30-21)23-19(27)13-29-18-12-26(17-10-6-4-8-15(17)18)11-14-7-3-5-9-16(14)22/h3-10,12H,2,11,13H2,1H3,(H,23,24,27). The minimum Gasteiger partial charge on any atom is -0.342 e. The average molecular weight is 475 g/mol. The summed E-state index contributed by atoms with van der Waals surface area (Å²) in [6.07, 6.45) is 2.09. The fourth-order valence-electron chi connectivity index (χ4n) is 3.01. The third kappa shape index (κ3) is 5.00. The smallest absolute Gasteiger partial charge is 0.236 e. The maximum atomic E-state index is 12.4. The second kappa shape index (κ2) is 9.87. The summed E-state index contributed by atoms with van der Waals surface area (Å²) in [5, 5.41) is 13.3. The summed E-state index contributed by atoms with van der Waals surface area (Å²) in [5.41, 5.74) is 2.18. The van der Waals surface area contributed by atoms with Gasteiger partial charge in [0.2, 0.25) is 11.0 Å². The van der Waals surface area contributed by atoms with Gasteiger partial charge < -0.3 is 4.57 Å². The second-order valence-corrected chi connectivity index (χ2v) is 10.3. The van der Waals surface area contributed by atoms with E-state index < -0.39 is 0 Å². The lowest BCUT2D eigenvalue weighted by Crippen LogP contribution is -2.13. The van der Waals surface area contributed by atoms with Crippen molar-refractivity contribution in [3.8, 4) is 0 Å². The third-order valence-electron chi connectivity index (χ3n) is 4.33. The van der Waals surface area contributed by atoms with Crippen LogP contribution in [0.5, 0.6) is 0 Å². The van der Waals surface area contributed by atoms with Crippen molar-refractivity contribution in [2.75, 3.05) is 16.8 Å². The molecule has 2 heterocycles. The molecule has 0 saturated carbocycles. The van der Waals surface area contributed by atoms with Crippen LogP contribution in [-0.4, -0.2) is 32.2 Å². The summed E-state index contributed by atoms with van der Waals surface area (Å²) < 4.78 is 3.04. The van der Waals surface area contributed by atoms with Crippen molar-refractivity contribution >= 4 is 68.4 Å². The molecule has 0 saturated heterocycles. The monoisotopic (exact) mass is 474 g/mol. The zero-order valence-corrected chi connectivity index (χ0v) is 19.4. The number of fused-ring (bicyclic) bond motifs is 1. The molecule has 0 radical (unpaired) electrons. The summed E-state index contributed by atoms with van der Waals surface area (Å²) in [6, 6.07) is 16.1. The zero-order chi connectivity index (χ0) is 20.9. The van der Waals surface area contributed by atoms with Crippen LogP contribution in [0.2, 0.25) is 5.02 Å². The molecule has 0 spiro atoms. The lowest BCUT2D eigenvalue weighted by molar-refractivity contribution is -0.113. The third-order valence-corrected chi connectivity index (χ3v) is 7.60. The van der Waals surface area contributed by atoms with Gasteiger partial charge in [-0.3, -0.25) is 10.1 Å². The number of carbonyl (C=O) groups is 1. The first kappa shape index (κ1) is 21.2. The van der Waals surface area contributed by atoms with Gasteiger partial charge in [-0.05, 0) is 23.4 Å². The number of hydrogen-bond donors (Lipinski definition) is 1. The normalized spacial score (nSPS) is 11.1. The lowest BCUT2D eigenvalue weighted by atomic mass is 10.2. The van der Waals surface area contributed by atoms with E-state index in [1.807, 2.05) is 36.4 Å². The largest absolute Gasteiger partial charge is 0.342 e. The topological polar surface area (TPSA) is 59.8 Å². The van der Waals surface area contributed by atoms with E-state index in [0.29, 0.717) is 17.4 Å². The summed E-state index contributed by atoms with van der Waals surface area (Å²) in [5.74, 6) is 1.14. The number of rotatable bonds is 8. The summed E-state index contributed by atoms with van der Waals surface area (Å²) in [4.78, 5) is 13.5. The molecule has 0 aliphatic heterocycles. The molecule has 0 atom stereocenters. The highest BCUT2D eigenvalue weighted by Crippen LogP contribution is 2.31. The highest BCUT2D eigenvalue weighted by molar-refractivity contribution is 8.01. The molecular weight excluding hydrogens is 456 g/mol. The Morgan fingerprint density at radius 2 is 1.93 bits per heavy atom. The van der Waals surface area contributed by atoms with Gasteiger partial charge in [0.15, 0.2) is 4.34 Å². The highest BCUT2D eigenvalue weighted by Gasteiger charge is 2.13. The number of thioether (sulfide) groups is 2. The van der Waals surface area contributed by atoms with E-state index in [2.05, 4.69) is 45.3 Å². The van der Waals surface area contributed by atoms with Gasteiger partial charge >= 0.3 is 0 Å². The fraction of sp³-hybridized carbons (Fsp3) is 0.190. The van der Waals surface area contributed by atoms with Crippen LogP contribution in [0.25, 0.3) is 10.9 Å². The van der Waals surface area contributed by atoms with Crippen LogP contribution in [0.4, 0.5) is 5.13 Å². The Labute approximate surface area is 192 Å². The number of hydrogen-bond acceptors (Lipinski definition) is 6. The first-order chi connectivity index (χ1) is 14.6. The number of carbonyl (C=O) groups excluding carboxylic acids is 1. The number of nitrogens with zero attached hydrogens (tertiary/aromatic N) is 3. The average Bonchev–Trinajstić information content (AvgIpc) is 3.33. The summed E-state index contributed by atoms with van der Waals surface area (Å²) in [7, 11) is 0. The Morgan fingerprint density at radius 3 is 2.77 bits per heavy atom. The molecule has 30 heavy (non-hydrogen) atoms. The minimum atomic E-state index is -0.0906. The Morgan fingerprint density at radius 1 is 1.13 bits per heavy atom. The number of aromatic nitrogens is 3. The molecule has 0 aliphatic rings. The Bertz CT molecular complexity index is 1170. The van der Waals surface area contributed by atoms with Crippen molar-refractivity contribution in [2.24, 2.45) is 0 Å². The van der Waals surface area contributed by atoms with Gasteiger partial charge in [0, 0.05) is 33.6 Å². The fourth-order valence-corrected chi connectivity index (χ4v) is 5.76. The van der Waals surface area contributed by atoms with E-state index in [1.165, 1.54) is 23.1 Å². The van der Waals surface area contributed by atoms with Crippen LogP contribution in [0.15, 0.2) is 64.0 Å². The van der Waals surface area contributed by atoms with Crippen LogP contribution in [0.1, 0.15) is 12.5 Å². The van der Waals surface area contributed by atoms with Crippen LogP contribution in [0.3, 0.4) is 0 Å². The first-order valence-corrected chi connectivity index (χ1v) is 12.5. The van der Waals surface area contributed by atoms with Crippen molar-refractivity contribution < 1.29 is 4.79 Å². The van der Waals surface area contributed by atoms with Gasteiger partial charge in [-0.2, -0.15) is 0 Å². The van der Waals surface area contributed by atoms with Crippen molar-refractivity contribution in [1.82, 2.24) is 14.8 Å². The van der Waals surface area contributed by atoms with Gasteiger partial charge in [-0.25, -0.2) is 0 Å². The molecule has 4 rings (SSSR count). The van der Waals surface area contributed by atoms with Gasteiger partial charge in [0.1, 0.15) is 0 Å². The number of nitrogens with one attached hydrogen (secondary N) is 1. The zero-order valence-electron chi connectivity index (χ0n) is 16.2. The molecule has 0 unspecified atom stereocenters. The van der Waals surface area contributed by atoms with Crippen LogP contribution in [-0.2, 0) is 11.3 Å². The molecule has 4 aromatic rings.